The second-order valence-corrected chi connectivity index (χ2v) is 4.85. The summed E-state index contributed by atoms with van der Waals surface area (Å²) in [4.78, 5) is 2.12. The maximum Gasteiger partial charge on any atom is 0.119 e. The number of aliphatic hydroxyl groups is 1. The predicted octanol–water partition coefficient (Wildman–Crippen LogP) is 0.966. The quantitative estimate of drug-likeness (QED) is 0.723. The van der Waals surface area contributed by atoms with Crippen LogP contribution in [0.2, 0.25) is 0 Å². The van der Waals surface area contributed by atoms with Gasteiger partial charge in [0.1, 0.15) is 18.5 Å². The van der Waals surface area contributed by atoms with Crippen LogP contribution in [-0.2, 0) is 0 Å². The molecule has 0 amide bonds. The standard InChI is InChI=1S/C14H24N2O2/c1-12(10-16(2)3)15-9-13(17)11-18-14-7-5-4-6-8-14/h4-8,12-13,15,17H,9-11H2,1-3H3. The molecule has 18 heavy (non-hydrogen) atoms. The lowest BCUT2D eigenvalue weighted by Crippen LogP contribution is -2.41. The lowest BCUT2D eigenvalue weighted by molar-refractivity contribution is 0.103. The second-order valence-electron chi connectivity index (χ2n) is 4.85. The van der Waals surface area contributed by atoms with Gasteiger partial charge < -0.3 is 20.1 Å². The van der Waals surface area contributed by atoms with Gasteiger partial charge in [0.05, 0.1) is 0 Å². The summed E-state index contributed by atoms with van der Waals surface area (Å²) in [5.41, 5.74) is 0. The molecule has 4 heteroatoms. The Balaban J connectivity index is 2.16. The highest BCUT2D eigenvalue weighted by atomic mass is 16.5. The van der Waals surface area contributed by atoms with Crippen LogP contribution < -0.4 is 10.1 Å². The number of benzene rings is 1. The molecule has 0 saturated carbocycles. The van der Waals surface area contributed by atoms with E-state index in [1.165, 1.54) is 0 Å². The molecule has 2 unspecified atom stereocenters. The molecule has 4 nitrogen and oxygen atoms in total. The summed E-state index contributed by atoms with van der Waals surface area (Å²) in [7, 11) is 4.07. The van der Waals surface area contributed by atoms with E-state index in [2.05, 4.69) is 17.1 Å². The summed E-state index contributed by atoms with van der Waals surface area (Å²) in [6, 6.07) is 9.89. The van der Waals surface area contributed by atoms with Crippen LogP contribution in [0.1, 0.15) is 6.92 Å². The van der Waals surface area contributed by atoms with E-state index in [4.69, 9.17) is 4.74 Å². The summed E-state index contributed by atoms with van der Waals surface area (Å²) in [5, 5.41) is 13.1. The molecule has 1 rings (SSSR count). The fourth-order valence-corrected chi connectivity index (χ4v) is 1.72. The Kier molecular flexibility index (Phi) is 6.72. The number of aliphatic hydroxyl groups excluding tert-OH is 1. The topological polar surface area (TPSA) is 44.7 Å². The van der Waals surface area contributed by atoms with Crippen LogP contribution in [0.15, 0.2) is 30.3 Å². The zero-order chi connectivity index (χ0) is 13.4. The van der Waals surface area contributed by atoms with Crippen molar-refractivity contribution < 1.29 is 9.84 Å². The molecule has 0 aliphatic heterocycles. The number of nitrogens with zero attached hydrogens (tertiary/aromatic N) is 1. The molecule has 0 bridgehead atoms. The minimum absolute atomic E-state index is 0.311. The SMILES string of the molecule is CC(CN(C)C)NCC(O)COc1ccccc1. The van der Waals surface area contributed by atoms with Crippen molar-refractivity contribution in [2.45, 2.75) is 19.1 Å². The molecule has 2 atom stereocenters. The van der Waals surface area contributed by atoms with Crippen molar-refractivity contribution in [2.75, 3.05) is 33.8 Å². The van der Waals surface area contributed by atoms with Gasteiger partial charge in [0.25, 0.3) is 0 Å². The Morgan fingerprint density at radius 1 is 1.28 bits per heavy atom. The van der Waals surface area contributed by atoms with Crippen LogP contribution in [0.4, 0.5) is 0 Å². The Morgan fingerprint density at radius 2 is 1.94 bits per heavy atom. The van der Waals surface area contributed by atoms with Crippen LogP contribution >= 0.6 is 0 Å². The molecular weight excluding hydrogens is 228 g/mol. The molecule has 0 spiro atoms. The summed E-state index contributed by atoms with van der Waals surface area (Å²) in [6.45, 7) is 3.91. The molecule has 2 N–H and O–H groups in total. The fourth-order valence-electron chi connectivity index (χ4n) is 1.72. The van der Waals surface area contributed by atoms with Gasteiger partial charge in [0.15, 0.2) is 0 Å². The van der Waals surface area contributed by atoms with Gasteiger partial charge >= 0.3 is 0 Å². The van der Waals surface area contributed by atoms with Crippen LogP contribution in [0.25, 0.3) is 0 Å². The van der Waals surface area contributed by atoms with E-state index in [1.54, 1.807) is 0 Å². The first kappa shape index (κ1) is 15.0. The molecule has 1 aromatic carbocycles. The smallest absolute Gasteiger partial charge is 0.119 e. The number of rotatable bonds is 8. The molecule has 0 radical (unpaired) electrons. The molecule has 0 aromatic heterocycles. The van der Waals surface area contributed by atoms with Crippen LogP contribution in [0, 0.1) is 0 Å². The van der Waals surface area contributed by atoms with Crippen molar-refractivity contribution in [2.24, 2.45) is 0 Å². The van der Waals surface area contributed by atoms with E-state index in [9.17, 15) is 5.11 Å². The van der Waals surface area contributed by atoms with Gasteiger partial charge in [-0.1, -0.05) is 18.2 Å². The first-order chi connectivity index (χ1) is 8.58. The fraction of sp³-hybridized carbons (Fsp3) is 0.571. The van der Waals surface area contributed by atoms with Gasteiger partial charge in [0, 0.05) is 19.1 Å². The first-order valence-corrected chi connectivity index (χ1v) is 6.32. The van der Waals surface area contributed by atoms with Crippen LogP contribution in [-0.4, -0.2) is 55.9 Å². The molecule has 0 heterocycles. The third-order valence-corrected chi connectivity index (χ3v) is 2.53. The van der Waals surface area contributed by atoms with E-state index < -0.39 is 6.10 Å². The Bertz CT molecular complexity index is 317. The van der Waals surface area contributed by atoms with E-state index in [0.29, 0.717) is 19.2 Å². The van der Waals surface area contributed by atoms with Gasteiger partial charge in [-0.3, -0.25) is 0 Å². The highest BCUT2D eigenvalue weighted by Crippen LogP contribution is 2.08. The monoisotopic (exact) mass is 252 g/mol. The lowest BCUT2D eigenvalue weighted by atomic mass is 10.3. The largest absolute Gasteiger partial charge is 0.491 e. The third kappa shape index (κ3) is 6.59. The van der Waals surface area contributed by atoms with Gasteiger partial charge in [-0.2, -0.15) is 0 Å². The van der Waals surface area contributed by atoms with Crippen molar-refractivity contribution in [1.82, 2.24) is 10.2 Å². The Labute approximate surface area is 110 Å². The van der Waals surface area contributed by atoms with Crippen LogP contribution in [0.5, 0.6) is 5.75 Å². The van der Waals surface area contributed by atoms with Gasteiger partial charge in [0.2, 0.25) is 0 Å². The number of para-hydroxylation sites is 1. The summed E-state index contributed by atoms with van der Waals surface area (Å²) < 4.78 is 5.48. The first-order valence-electron chi connectivity index (χ1n) is 6.32. The molecule has 0 fully saturated rings. The third-order valence-electron chi connectivity index (χ3n) is 2.53. The summed E-state index contributed by atoms with van der Waals surface area (Å²) in [5.74, 6) is 0.790. The zero-order valence-corrected chi connectivity index (χ0v) is 11.5. The van der Waals surface area contributed by atoms with E-state index in [-0.39, 0.29) is 0 Å². The molecule has 0 aliphatic carbocycles. The zero-order valence-electron chi connectivity index (χ0n) is 11.5. The Morgan fingerprint density at radius 3 is 2.56 bits per heavy atom. The number of likely N-dealkylation sites (N-methyl/N-ethyl adjacent to an activating group) is 1. The van der Waals surface area contributed by atoms with Crippen molar-refractivity contribution in [3.63, 3.8) is 0 Å². The Hall–Kier alpha value is -1.10. The highest BCUT2D eigenvalue weighted by Gasteiger charge is 2.08. The number of hydrogen-bond acceptors (Lipinski definition) is 4. The summed E-state index contributed by atoms with van der Waals surface area (Å²) in [6.07, 6.45) is -0.491. The number of ether oxygens (including phenoxy) is 1. The molecule has 0 aliphatic rings. The summed E-state index contributed by atoms with van der Waals surface area (Å²) >= 11 is 0. The lowest BCUT2D eigenvalue weighted by Gasteiger charge is -2.20. The van der Waals surface area contributed by atoms with Crippen molar-refractivity contribution >= 4 is 0 Å². The minimum atomic E-state index is -0.491. The molecule has 0 saturated heterocycles. The maximum absolute atomic E-state index is 9.79. The highest BCUT2D eigenvalue weighted by molar-refractivity contribution is 5.20. The van der Waals surface area contributed by atoms with E-state index >= 15 is 0 Å². The van der Waals surface area contributed by atoms with Crippen molar-refractivity contribution in [3.8, 4) is 5.75 Å². The van der Waals surface area contributed by atoms with Gasteiger partial charge in [-0.15, -0.1) is 0 Å². The van der Waals surface area contributed by atoms with E-state index in [0.717, 1.165) is 12.3 Å². The van der Waals surface area contributed by atoms with Crippen molar-refractivity contribution in [3.05, 3.63) is 30.3 Å². The number of nitrogens with one attached hydrogen (secondary N) is 1. The van der Waals surface area contributed by atoms with Gasteiger partial charge in [-0.05, 0) is 33.2 Å². The average molecular weight is 252 g/mol. The molecule has 1 aromatic rings. The average Bonchev–Trinajstić information content (AvgIpc) is 2.34. The molecular formula is C14H24N2O2. The second kappa shape index (κ2) is 8.08. The minimum Gasteiger partial charge on any atom is -0.491 e. The molecule has 102 valence electrons. The predicted molar refractivity (Wildman–Crippen MR) is 74.0 cm³/mol. The maximum atomic E-state index is 9.79. The van der Waals surface area contributed by atoms with Crippen LogP contribution in [0.3, 0.4) is 0 Å². The van der Waals surface area contributed by atoms with E-state index in [1.807, 2.05) is 44.4 Å². The normalized spacial score (nSPS) is 14.5. The van der Waals surface area contributed by atoms with Gasteiger partial charge in [-0.25, -0.2) is 0 Å². The van der Waals surface area contributed by atoms with Crippen molar-refractivity contribution in [1.29, 1.82) is 0 Å². The number of hydrogen-bond donors (Lipinski definition) is 2.